The fourth-order valence-corrected chi connectivity index (χ4v) is 3.39. The molecule has 1 aromatic carbocycles. The predicted molar refractivity (Wildman–Crippen MR) is 90.1 cm³/mol. The Bertz CT molecular complexity index is 792. The molecule has 1 aromatic heterocycles. The SMILES string of the molecule is CCN(Sc1cc(=O)n(C)cc1F)[C@H](c1ccc(Cl)cc1)C(F)(F)F. The third-order valence-corrected chi connectivity index (χ3v) is 4.92. The summed E-state index contributed by atoms with van der Waals surface area (Å²) in [7, 11) is 1.36. The van der Waals surface area contributed by atoms with Gasteiger partial charge in [-0.1, -0.05) is 30.7 Å². The Kier molecular flexibility index (Phi) is 6.18. The molecule has 0 aliphatic carbocycles. The number of hydrogen-bond acceptors (Lipinski definition) is 3. The van der Waals surface area contributed by atoms with Crippen LogP contribution in [0, 0.1) is 5.82 Å². The molecule has 0 saturated heterocycles. The smallest absolute Gasteiger partial charge is 0.316 e. The highest BCUT2D eigenvalue weighted by molar-refractivity contribution is 7.97. The molecule has 0 saturated carbocycles. The van der Waals surface area contributed by atoms with Gasteiger partial charge >= 0.3 is 6.18 Å². The number of pyridine rings is 1. The number of benzene rings is 1. The van der Waals surface area contributed by atoms with Crippen LogP contribution in [0.3, 0.4) is 0 Å². The molecule has 0 spiro atoms. The van der Waals surface area contributed by atoms with Crippen LogP contribution in [-0.4, -0.2) is 21.6 Å². The molecule has 3 nitrogen and oxygen atoms in total. The van der Waals surface area contributed by atoms with Gasteiger partial charge in [-0.3, -0.25) is 4.79 Å². The summed E-state index contributed by atoms with van der Waals surface area (Å²) in [6.45, 7) is 1.51. The van der Waals surface area contributed by atoms with Crippen LogP contribution in [0.4, 0.5) is 17.6 Å². The van der Waals surface area contributed by atoms with Gasteiger partial charge in [-0.15, -0.1) is 0 Å². The Balaban J connectivity index is 2.42. The zero-order valence-corrected chi connectivity index (χ0v) is 14.9. The van der Waals surface area contributed by atoms with Crippen molar-refractivity contribution >= 4 is 23.5 Å². The van der Waals surface area contributed by atoms with E-state index in [1.165, 1.54) is 38.2 Å². The summed E-state index contributed by atoms with van der Waals surface area (Å²) in [6, 6.07) is 4.31. The largest absolute Gasteiger partial charge is 0.408 e. The number of hydrogen-bond donors (Lipinski definition) is 0. The van der Waals surface area contributed by atoms with E-state index in [0.717, 1.165) is 21.1 Å². The monoisotopic (exact) mass is 394 g/mol. The molecule has 136 valence electrons. The van der Waals surface area contributed by atoms with E-state index in [2.05, 4.69) is 0 Å². The van der Waals surface area contributed by atoms with Crippen molar-refractivity contribution in [3.05, 3.63) is 63.3 Å². The maximum absolute atomic E-state index is 14.0. The molecule has 0 fully saturated rings. The van der Waals surface area contributed by atoms with E-state index >= 15 is 0 Å². The van der Waals surface area contributed by atoms with Gasteiger partial charge in [-0.2, -0.15) is 13.2 Å². The molecule has 0 radical (unpaired) electrons. The number of halogens is 5. The minimum atomic E-state index is -4.59. The molecule has 2 aromatic rings. The maximum atomic E-state index is 14.0. The fourth-order valence-electron chi connectivity index (χ4n) is 2.24. The topological polar surface area (TPSA) is 25.2 Å². The van der Waals surface area contributed by atoms with Crippen molar-refractivity contribution in [1.29, 1.82) is 0 Å². The van der Waals surface area contributed by atoms with Crippen LogP contribution in [0.1, 0.15) is 18.5 Å². The van der Waals surface area contributed by atoms with Crippen LogP contribution in [0.15, 0.2) is 46.2 Å². The Morgan fingerprint density at radius 2 is 1.88 bits per heavy atom. The lowest BCUT2D eigenvalue weighted by Crippen LogP contribution is -2.34. The summed E-state index contributed by atoms with van der Waals surface area (Å²) in [5, 5.41) is 0.318. The first-order valence-electron chi connectivity index (χ1n) is 7.26. The number of rotatable bonds is 5. The molecule has 0 aliphatic rings. The molecular formula is C16H15ClF4N2OS. The molecule has 0 N–H and O–H groups in total. The number of aryl methyl sites for hydroxylation is 1. The van der Waals surface area contributed by atoms with E-state index in [-0.39, 0.29) is 17.0 Å². The van der Waals surface area contributed by atoms with Crippen LogP contribution >= 0.6 is 23.5 Å². The molecular weight excluding hydrogens is 380 g/mol. The highest BCUT2D eigenvalue weighted by Gasteiger charge is 2.45. The quantitative estimate of drug-likeness (QED) is 0.537. The van der Waals surface area contributed by atoms with Crippen LogP contribution in [-0.2, 0) is 7.05 Å². The molecule has 9 heteroatoms. The second-order valence-electron chi connectivity index (χ2n) is 5.26. The van der Waals surface area contributed by atoms with Crippen LogP contribution in [0.2, 0.25) is 5.02 Å². The highest BCUT2D eigenvalue weighted by atomic mass is 35.5. The first-order valence-corrected chi connectivity index (χ1v) is 8.41. The molecule has 1 heterocycles. The maximum Gasteiger partial charge on any atom is 0.408 e. The van der Waals surface area contributed by atoms with Gasteiger partial charge in [0.05, 0.1) is 4.90 Å². The van der Waals surface area contributed by atoms with Gasteiger partial charge in [-0.25, -0.2) is 8.70 Å². The van der Waals surface area contributed by atoms with Crippen molar-refractivity contribution < 1.29 is 17.6 Å². The molecule has 0 aliphatic heterocycles. The second-order valence-corrected chi connectivity index (χ2v) is 6.78. The summed E-state index contributed by atoms with van der Waals surface area (Å²) in [4.78, 5) is 11.5. The summed E-state index contributed by atoms with van der Waals surface area (Å²) in [5.41, 5.74) is -0.523. The molecule has 25 heavy (non-hydrogen) atoms. The van der Waals surface area contributed by atoms with Crippen LogP contribution < -0.4 is 5.56 Å². The number of alkyl halides is 3. The van der Waals surface area contributed by atoms with E-state index in [1.54, 1.807) is 0 Å². The van der Waals surface area contributed by atoms with Crippen molar-refractivity contribution in [3.63, 3.8) is 0 Å². The summed E-state index contributed by atoms with van der Waals surface area (Å²) in [5.74, 6) is -0.761. The summed E-state index contributed by atoms with van der Waals surface area (Å²) in [6.07, 6.45) is -3.64. The van der Waals surface area contributed by atoms with Crippen molar-refractivity contribution in [2.24, 2.45) is 7.05 Å². The van der Waals surface area contributed by atoms with Crippen molar-refractivity contribution in [1.82, 2.24) is 8.87 Å². The highest BCUT2D eigenvalue weighted by Crippen LogP contribution is 2.43. The van der Waals surface area contributed by atoms with Gasteiger partial charge in [0.1, 0.15) is 6.04 Å². The second kappa shape index (κ2) is 7.80. The van der Waals surface area contributed by atoms with Gasteiger partial charge in [-0.05, 0) is 29.6 Å². The van der Waals surface area contributed by atoms with Crippen molar-refractivity contribution in [2.75, 3.05) is 6.54 Å². The molecule has 0 amide bonds. The Labute approximate surface area is 151 Å². The van der Waals surface area contributed by atoms with Gasteiger partial charge in [0.15, 0.2) is 5.82 Å². The van der Waals surface area contributed by atoms with Gasteiger partial charge in [0, 0.05) is 30.9 Å². The minimum Gasteiger partial charge on any atom is -0.316 e. The van der Waals surface area contributed by atoms with E-state index in [4.69, 9.17) is 11.6 Å². The third-order valence-electron chi connectivity index (χ3n) is 3.46. The average Bonchev–Trinajstić information content (AvgIpc) is 2.52. The van der Waals surface area contributed by atoms with E-state index < -0.39 is 23.6 Å². The zero-order chi connectivity index (χ0) is 18.8. The lowest BCUT2D eigenvalue weighted by atomic mass is 10.1. The average molecular weight is 395 g/mol. The van der Waals surface area contributed by atoms with Gasteiger partial charge in [0.2, 0.25) is 0 Å². The van der Waals surface area contributed by atoms with Gasteiger partial charge < -0.3 is 4.57 Å². The van der Waals surface area contributed by atoms with Crippen molar-refractivity contribution in [3.8, 4) is 0 Å². The lowest BCUT2D eigenvalue weighted by Gasteiger charge is -2.31. The number of aromatic nitrogens is 1. The van der Waals surface area contributed by atoms with Gasteiger partial charge in [0.25, 0.3) is 5.56 Å². The fraction of sp³-hybridized carbons (Fsp3) is 0.312. The molecule has 0 unspecified atom stereocenters. The Morgan fingerprint density at radius 3 is 2.40 bits per heavy atom. The molecule has 1 atom stereocenters. The Morgan fingerprint density at radius 1 is 1.28 bits per heavy atom. The zero-order valence-electron chi connectivity index (χ0n) is 13.3. The first-order chi connectivity index (χ1) is 11.6. The molecule has 2 rings (SSSR count). The lowest BCUT2D eigenvalue weighted by molar-refractivity contribution is -0.172. The molecule has 0 bridgehead atoms. The normalized spacial score (nSPS) is 13.3. The summed E-state index contributed by atoms with van der Waals surface area (Å²) < 4.78 is 57.0. The first kappa shape index (κ1) is 19.8. The third kappa shape index (κ3) is 4.77. The Hall–Kier alpha value is -1.51. The minimum absolute atomic E-state index is 0.0181. The predicted octanol–water partition coefficient (Wildman–Crippen LogP) is 4.81. The summed E-state index contributed by atoms with van der Waals surface area (Å²) >= 11 is 6.30. The standard InChI is InChI=1S/C16H15ClF4N2OS/c1-3-23(25-13-8-14(24)22(2)9-12(13)18)15(16(19,20)21)10-4-6-11(17)7-5-10/h4-9,15H,3H2,1-2H3/t15-/m1/s1. The van der Waals surface area contributed by atoms with Crippen molar-refractivity contribution in [2.45, 2.75) is 24.0 Å². The van der Waals surface area contributed by atoms with E-state index in [9.17, 15) is 22.4 Å². The van der Waals surface area contributed by atoms with E-state index in [0.29, 0.717) is 17.0 Å². The van der Waals surface area contributed by atoms with Crippen LogP contribution in [0.5, 0.6) is 0 Å². The van der Waals surface area contributed by atoms with Crippen LogP contribution in [0.25, 0.3) is 0 Å². The van der Waals surface area contributed by atoms with E-state index in [1.807, 2.05) is 0 Å². The number of nitrogens with zero attached hydrogens (tertiary/aromatic N) is 2.